The fourth-order valence-electron chi connectivity index (χ4n) is 2.07. The van der Waals surface area contributed by atoms with Crippen LogP contribution in [0.1, 0.15) is 18.9 Å². The molecule has 0 saturated carbocycles. The van der Waals surface area contributed by atoms with Crippen molar-refractivity contribution >= 4 is 5.69 Å². The number of hydrogen-bond donors (Lipinski definition) is 1. The van der Waals surface area contributed by atoms with Crippen molar-refractivity contribution in [3.8, 4) is 11.1 Å². The van der Waals surface area contributed by atoms with Gasteiger partial charge in [0, 0.05) is 18.7 Å². The predicted octanol–water partition coefficient (Wildman–Crippen LogP) is 3.76. The zero-order valence-corrected chi connectivity index (χ0v) is 11.5. The topological polar surface area (TPSA) is 55.2 Å². The van der Waals surface area contributed by atoms with Crippen LogP contribution < -0.4 is 5.32 Å². The van der Waals surface area contributed by atoms with Crippen molar-refractivity contribution in [2.45, 2.75) is 19.9 Å². The molecule has 1 N–H and O–H groups in total. The van der Waals surface area contributed by atoms with E-state index in [-0.39, 0.29) is 10.6 Å². The molecule has 0 fully saturated rings. The van der Waals surface area contributed by atoms with E-state index in [9.17, 15) is 10.1 Å². The van der Waals surface area contributed by atoms with Crippen LogP contribution in [0.3, 0.4) is 0 Å². The summed E-state index contributed by atoms with van der Waals surface area (Å²) in [6.07, 6.45) is 1.10. The third-order valence-electron chi connectivity index (χ3n) is 3.07. The highest BCUT2D eigenvalue weighted by Crippen LogP contribution is 2.24. The minimum absolute atomic E-state index is 0.122. The standard InChI is InChI=1S/C16H18N2O2/c1-2-9-17-12-13-5-3-6-14(10-13)15-7-4-8-16(11-15)18(19)20/h3-8,10-11,17H,2,9,12H2,1H3. The normalized spacial score (nSPS) is 10.4. The van der Waals surface area contributed by atoms with Crippen molar-refractivity contribution in [1.82, 2.24) is 5.32 Å². The third-order valence-corrected chi connectivity index (χ3v) is 3.07. The van der Waals surface area contributed by atoms with Crippen molar-refractivity contribution in [2.24, 2.45) is 0 Å². The Bertz CT molecular complexity index is 597. The molecule has 2 rings (SSSR count). The summed E-state index contributed by atoms with van der Waals surface area (Å²) in [4.78, 5) is 10.5. The van der Waals surface area contributed by atoms with E-state index in [1.54, 1.807) is 12.1 Å². The van der Waals surface area contributed by atoms with Crippen LogP contribution in [0.25, 0.3) is 11.1 Å². The van der Waals surface area contributed by atoms with Gasteiger partial charge in [0.15, 0.2) is 0 Å². The van der Waals surface area contributed by atoms with E-state index in [2.05, 4.69) is 24.4 Å². The molecule has 0 aliphatic carbocycles. The molecule has 0 atom stereocenters. The van der Waals surface area contributed by atoms with Crippen molar-refractivity contribution in [3.05, 3.63) is 64.2 Å². The first kappa shape index (κ1) is 14.2. The summed E-state index contributed by atoms with van der Waals surface area (Å²) in [6, 6.07) is 14.8. The second kappa shape index (κ2) is 6.82. The molecule has 0 heterocycles. The quantitative estimate of drug-likeness (QED) is 0.494. The minimum atomic E-state index is -0.365. The van der Waals surface area contributed by atoms with Crippen LogP contribution in [0.4, 0.5) is 5.69 Å². The Morgan fingerprint density at radius 3 is 2.50 bits per heavy atom. The van der Waals surface area contributed by atoms with Crippen LogP contribution in [0.2, 0.25) is 0 Å². The van der Waals surface area contributed by atoms with Crippen LogP contribution in [0, 0.1) is 10.1 Å². The second-order valence-electron chi connectivity index (χ2n) is 4.68. The number of rotatable bonds is 6. The van der Waals surface area contributed by atoms with Crippen LogP contribution >= 0.6 is 0 Å². The number of nitro benzene ring substituents is 1. The maximum atomic E-state index is 10.8. The van der Waals surface area contributed by atoms with E-state index in [4.69, 9.17) is 0 Å². The van der Waals surface area contributed by atoms with Crippen molar-refractivity contribution < 1.29 is 4.92 Å². The van der Waals surface area contributed by atoms with Gasteiger partial charge in [0.2, 0.25) is 0 Å². The van der Waals surface area contributed by atoms with Gasteiger partial charge < -0.3 is 5.32 Å². The number of hydrogen-bond acceptors (Lipinski definition) is 3. The fraction of sp³-hybridized carbons (Fsp3) is 0.250. The number of non-ortho nitro benzene ring substituents is 1. The molecule has 0 bridgehead atoms. The Hall–Kier alpha value is -2.20. The monoisotopic (exact) mass is 270 g/mol. The largest absolute Gasteiger partial charge is 0.313 e. The Labute approximate surface area is 118 Å². The van der Waals surface area contributed by atoms with Gasteiger partial charge in [0.25, 0.3) is 5.69 Å². The van der Waals surface area contributed by atoms with E-state index in [0.717, 1.165) is 30.6 Å². The average Bonchev–Trinajstić information content (AvgIpc) is 2.48. The molecule has 0 aromatic heterocycles. The second-order valence-corrected chi connectivity index (χ2v) is 4.68. The van der Waals surface area contributed by atoms with Gasteiger partial charge in [0.1, 0.15) is 0 Å². The van der Waals surface area contributed by atoms with Gasteiger partial charge >= 0.3 is 0 Å². The van der Waals surface area contributed by atoms with Gasteiger partial charge in [-0.2, -0.15) is 0 Å². The molecule has 0 unspecified atom stereocenters. The van der Waals surface area contributed by atoms with E-state index < -0.39 is 0 Å². The lowest BCUT2D eigenvalue weighted by atomic mass is 10.0. The SMILES string of the molecule is CCCNCc1cccc(-c2cccc([N+](=O)[O-])c2)c1. The van der Waals surface area contributed by atoms with Crippen LogP contribution in [-0.2, 0) is 6.54 Å². The minimum Gasteiger partial charge on any atom is -0.313 e. The molecule has 4 nitrogen and oxygen atoms in total. The maximum Gasteiger partial charge on any atom is 0.270 e. The van der Waals surface area contributed by atoms with Gasteiger partial charge in [0.05, 0.1) is 4.92 Å². The van der Waals surface area contributed by atoms with E-state index >= 15 is 0 Å². The molecule has 0 saturated heterocycles. The van der Waals surface area contributed by atoms with Crippen LogP contribution in [-0.4, -0.2) is 11.5 Å². The van der Waals surface area contributed by atoms with E-state index in [1.165, 1.54) is 11.6 Å². The van der Waals surface area contributed by atoms with Gasteiger partial charge in [-0.25, -0.2) is 0 Å². The van der Waals surface area contributed by atoms with Crippen LogP contribution in [0.15, 0.2) is 48.5 Å². The summed E-state index contributed by atoms with van der Waals surface area (Å²) < 4.78 is 0. The van der Waals surface area contributed by atoms with Gasteiger partial charge in [-0.3, -0.25) is 10.1 Å². The van der Waals surface area contributed by atoms with Crippen molar-refractivity contribution in [1.29, 1.82) is 0 Å². The highest BCUT2D eigenvalue weighted by Gasteiger charge is 2.07. The molecule has 2 aromatic rings. The highest BCUT2D eigenvalue weighted by atomic mass is 16.6. The first-order chi connectivity index (χ1) is 9.70. The molecule has 2 aromatic carbocycles. The molecule has 0 aliphatic rings. The molecule has 0 aliphatic heterocycles. The average molecular weight is 270 g/mol. The molecule has 20 heavy (non-hydrogen) atoms. The zero-order chi connectivity index (χ0) is 14.4. The molecule has 0 spiro atoms. The van der Waals surface area contributed by atoms with Gasteiger partial charge in [-0.1, -0.05) is 37.3 Å². The number of benzene rings is 2. The Kier molecular flexibility index (Phi) is 4.85. The summed E-state index contributed by atoms with van der Waals surface area (Å²) in [7, 11) is 0. The zero-order valence-electron chi connectivity index (χ0n) is 11.5. The van der Waals surface area contributed by atoms with Crippen molar-refractivity contribution in [3.63, 3.8) is 0 Å². The number of nitro groups is 1. The summed E-state index contributed by atoms with van der Waals surface area (Å²) in [5.74, 6) is 0. The summed E-state index contributed by atoms with van der Waals surface area (Å²) in [5, 5.41) is 14.2. The molecule has 0 radical (unpaired) electrons. The van der Waals surface area contributed by atoms with Gasteiger partial charge in [-0.05, 0) is 35.7 Å². The van der Waals surface area contributed by atoms with E-state index in [0.29, 0.717) is 0 Å². The fourth-order valence-corrected chi connectivity index (χ4v) is 2.07. The lowest BCUT2D eigenvalue weighted by molar-refractivity contribution is -0.384. The molecule has 104 valence electrons. The smallest absolute Gasteiger partial charge is 0.270 e. The lowest BCUT2D eigenvalue weighted by Crippen LogP contribution is -2.13. The maximum absolute atomic E-state index is 10.8. The molecular formula is C16H18N2O2. The first-order valence-corrected chi connectivity index (χ1v) is 6.75. The predicted molar refractivity (Wildman–Crippen MR) is 80.5 cm³/mol. The lowest BCUT2D eigenvalue weighted by Gasteiger charge is -2.06. The van der Waals surface area contributed by atoms with Gasteiger partial charge in [-0.15, -0.1) is 0 Å². The molecule has 0 amide bonds. The molecular weight excluding hydrogens is 252 g/mol. The third kappa shape index (κ3) is 3.65. The molecule has 4 heteroatoms. The number of nitrogens with one attached hydrogen (secondary N) is 1. The first-order valence-electron chi connectivity index (χ1n) is 6.75. The Morgan fingerprint density at radius 1 is 1.10 bits per heavy atom. The summed E-state index contributed by atoms with van der Waals surface area (Å²) >= 11 is 0. The number of nitrogens with zero attached hydrogens (tertiary/aromatic N) is 1. The van der Waals surface area contributed by atoms with E-state index in [1.807, 2.05) is 18.2 Å². The highest BCUT2D eigenvalue weighted by molar-refractivity contribution is 5.66. The van der Waals surface area contributed by atoms with Crippen LogP contribution in [0.5, 0.6) is 0 Å². The summed E-state index contributed by atoms with van der Waals surface area (Å²) in [6.45, 7) is 3.93. The Balaban J connectivity index is 2.22. The Morgan fingerprint density at radius 2 is 1.80 bits per heavy atom. The van der Waals surface area contributed by atoms with Crippen molar-refractivity contribution in [2.75, 3.05) is 6.54 Å². The summed E-state index contributed by atoms with van der Waals surface area (Å²) in [5.41, 5.74) is 3.18.